The van der Waals surface area contributed by atoms with Crippen molar-refractivity contribution >= 4 is 10.0 Å². The Balaban J connectivity index is 4.42. The second-order valence-electron chi connectivity index (χ2n) is 6.32. The van der Waals surface area contributed by atoms with Crippen LogP contribution in [0.4, 0.5) is 0 Å². The van der Waals surface area contributed by atoms with E-state index in [9.17, 15) is 13.5 Å². The highest BCUT2D eigenvalue weighted by Crippen LogP contribution is 2.25. The Morgan fingerprint density at radius 1 is 1.11 bits per heavy atom. The molecule has 0 aliphatic rings. The van der Waals surface area contributed by atoms with Crippen LogP contribution in [0, 0.1) is 10.8 Å². The van der Waals surface area contributed by atoms with Gasteiger partial charge in [-0.05, 0) is 24.7 Å². The van der Waals surface area contributed by atoms with Crippen LogP contribution < -0.4 is 4.72 Å². The molecule has 0 heterocycles. The lowest BCUT2D eigenvalue weighted by atomic mass is 9.84. The fourth-order valence-electron chi connectivity index (χ4n) is 1.56. The molecule has 0 bridgehead atoms. The lowest BCUT2D eigenvalue weighted by Gasteiger charge is -2.29. The molecule has 2 N–H and O–H groups in total. The van der Waals surface area contributed by atoms with Crippen LogP contribution >= 0.6 is 0 Å². The van der Waals surface area contributed by atoms with Crippen LogP contribution in [0.5, 0.6) is 0 Å². The molecule has 0 spiro atoms. The molecule has 0 aliphatic heterocycles. The fourth-order valence-corrected chi connectivity index (χ4v) is 3.11. The molecule has 0 aliphatic carbocycles. The van der Waals surface area contributed by atoms with E-state index in [1.807, 2.05) is 34.6 Å². The Morgan fingerprint density at radius 2 is 1.61 bits per heavy atom. The van der Waals surface area contributed by atoms with Gasteiger partial charge < -0.3 is 5.11 Å². The summed E-state index contributed by atoms with van der Waals surface area (Å²) < 4.78 is 26.4. The van der Waals surface area contributed by atoms with Gasteiger partial charge in [-0.15, -0.1) is 0 Å². The molecule has 0 aromatic rings. The Labute approximate surface area is 112 Å². The molecule has 0 amide bonds. The number of nitrogens with one attached hydrogen (secondary N) is 1. The van der Waals surface area contributed by atoms with E-state index in [4.69, 9.17) is 0 Å². The van der Waals surface area contributed by atoms with Crippen molar-refractivity contribution in [2.75, 3.05) is 18.9 Å². The van der Waals surface area contributed by atoms with Gasteiger partial charge in [0.15, 0.2) is 0 Å². The number of hydrogen-bond acceptors (Lipinski definition) is 3. The van der Waals surface area contributed by atoms with Crippen molar-refractivity contribution in [1.29, 1.82) is 0 Å². The first-order valence-electron chi connectivity index (χ1n) is 6.68. The monoisotopic (exact) mass is 279 g/mol. The third kappa shape index (κ3) is 6.71. The normalized spacial score (nSPS) is 13.9. The molecule has 0 atom stereocenters. The van der Waals surface area contributed by atoms with Crippen LogP contribution in [0.1, 0.15) is 53.9 Å². The van der Waals surface area contributed by atoms with E-state index in [1.54, 1.807) is 0 Å². The lowest BCUT2D eigenvalue weighted by molar-refractivity contribution is 0.119. The zero-order valence-corrected chi connectivity index (χ0v) is 13.2. The molecule has 0 rings (SSSR count). The highest BCUT2D eigenvalue weighted by Gasteiger charge is 2.27. The minimum atomic E-state index is -3.24. The summed E-state index contributed by atoms with van der Waals surface area (Å²) in [6, 6.07) is 0. The first kappa shape index (κ1) is 17.9. The Morgan fingerprint density at radius 3 is 1.94 bits per heavy atom. The molecular weight excluding hydrogens is 250 g/mol. The predicted molar refractivity (Wildman–Crippen MR) is 76.0 cm³/mol. The molecule has 0 aromatic heterocycles. The maximum atomic E-state index is 11.9. The summed E-state index contributed by atoms with van der Waals surface area (Å²) in [5.74, 6) is 0.144. The van der Waals surface area contributed by atoms with Crippen LogP contribution in [0.3, 0.4) is 0 Å². The number of hydrogen-bond donors (Lipinski definition) is 2. The van der Waals surface area contributed by atoms with Crippen LogP contribution in [0.25, 0.3) is 0 Å². The van der Waals surface area contributed by atoms with E-state index in [0.29, 0.717) is 13.0 Å². The molecule has 0 radical (unpaired) electrons. The van der Waals surface area contributed by atoms with Crippen molar-refractivity contribution in [3.05, 3.63) is 0 Å². The lowest BCUT2D eigenvalue weighted by Crippen LogP contribution is -2.40. The first-order valence-corrected chi connectivity index (χ1v) is 8.33. The molecule has 0 saturated heterocycles. The largest absolute Gasteiger partial charge is 0.396 e. The van der Waals surface area contributed by atoms with Gasteiger partial charge in [-0.2, -0.15) is 0 Å². The number of aliphatic hydroxyl groups excluding tert-OH is 1. The summed E-state index contributed by atoms with van der Waals surface area (Å²) in [6.45, 7) is 10.4. The third-order valence-corrected chi connectivity index (χ3v) is 4.95. The van der Waals surface area contributed by atoms with Crippen LogP contribution in [0.2, 0.25) is 0 Å². The van der Waals surface area contributed by atoms with E-state index < -0.39 is 10.0 Å². The van der Waals surface area contributed by atoms with E-state index >= 15 is 0 Å². The van der Waals surface area contributed by atoms with Gasteiger partial charge in [-0.1, -0.05) is 34.6 Å². The van der Waals surface area contributed by atoms with Gasteiger partial charge in [-0.25, -0.2) is 13.1 Å². The van der Waals surface area contributed by atoms with Crippen LogP contribution in [-0.2, 0) is 10.0 Å². The average Bonchev–Trinajstić information content (AvgIpc) is 2.29. The predicted octanol–water partition coefficient (Wildman–Crippen LogP) is 2.14. The summed E-state index contributed by atoms with van der Waals surface area (Å²) >= 11 is 0. The zero-order valence-electron chi connectivity index (χ0n) is 12.4. The number of aliphatic hydroxyl groups is 1. The van der Waals surface area contributed by atoms with Gasteiger partial charge in [0.2, 0.25) is 10.0 Å². The van der Waals surface area contributed by atoms with E-state index in [0.717, 1.165) is 12.8 Å². The summed E-state index contributed by atoms with van der Waals surface area (Å²) in [6.07, 6.45) is 2.16. The minimum Gasteiger partial charge on any atom is -0.396 e. The molecule has 0 aromatic carbocycles. The minimum absolute atomic E-state index is 0.0122. The standard InChI is InChI=1S/C13H29NO3S/c1-6-13(7-2,11-15)10-14-18(16,17)9-8-12(3,4)5/h14-15H,6-11H2,1-5H3. The second-order valence-corrected chi connectivity index (χ2v) is 8.24. The van der Waals surface area contributed by atoms with Crippen molar-refractivity contribution in [2.45, 2.75) is 53.9 Å². The third-order valence-electron chi connectivity index (χ3n) is 3.62. The topological polar surface area (TPSA) is 66.4 Å². The van der Waals surface area contributed by atoms with Gasteiger partial charge in [-0.3, -0.25) is 0 Å². The molecule has 18 heavy (non-hydrogen) atoms. The quantitative estimate of drug-likeness (QED) is 0.715. The zero-order chi connectivity index (χ0) is 14.4. The van der Waals surface area contributed by atoms with Gasteiger partial charge >= 0.3 is 0 Å². The Bertz CT molecular complexity index is 318. The molecular formula is C13H29NO3S. The van der Waals surface area contributed by atoms with E-state index in [1.165, 1.54) is 0 Å². The summed E-state index contributed by atoms with van der Waals surface area (Å²) in [7, 11) is -3.24. The van der Waals surface area contributed by atoms with Gasteiger partial charge in [0.25, 0.3) is 0 Å². The molecule has 110 valence electrons. The molecule has 5 heteroatoms. The van der Waals surface area contributed by atoms with E-state index in [-0.39, 0.29) is 23.2 Å². The first-order chi connectivity index (χ1) is 8.10. The highest BCUT2D eigenvalue weighted by molar-refractivity contribution is 7.89. The van der Waals surface area contributed by atoms with Crippen molar-refractivity contribution in [2.24, 2.45) is 10.8 Å². The SMILES string of the molecule is CCC(CC)(CO)CNS(=O)(=O)CCC(C)(C)C. The van der Waals surface area contributed by atoms with Crippen LogP contribution in [-0.4, -0.2) is 32.4 Å². The number of rotatable bonds is 8. The van der Waals surface area contributed by atoms with Crippen molar-refractivity contribution < 1.29 is 13.5 Å². The van der Waals surface area contributed by atoms with Gasteiger partial charge in [0.1, 0.15) is 0 Å². The van der Waals surface area contributed by atoms with Crippen molar-refractivity contribution in [3.63, 3.8) is 0 Å². The van der Waals surface area contributed by atoms with E-state index in [2.05, 4.69) is 4.72 Å². The summed E-state index contributed by atoms with van der Waals surface area (Å²) in [4.78, 5) is 0. The molecule has 0 saturated carbocycles. The maximum Gasteiger partial charge on any atom is 0.211 e. The summed E-state index contributed by atoms with van der Waals surface area (Å²) in [5, 5.41) is 9.40. The van der Waals surface area contributed by atoms with Gasteiger partial charge in [0.05, 0.1) is 5.75 Å². The van der Waals surface area contributed by atoms with Gasteiger partial charge in [0, 0.05) is 18.6 Å². The molecule has 0 fully saturated rings. The van der Waals surface area contributed by atoms with Crippen molar-refractivity contribution in [3.8, 4) is 0 Å². The maximum absolute atomic E-state index is 11.9. The fraction of sp³-hybridized carbons (Fsp3) is 1.00. The Kier molecular flexibility index (Phi) is 6.82. The average molecular weight is 279 g/mol. The van der Waals surface area contributed by atoms with Crippen LogP contribution in [0.15, 0.2) is 0 Å². The smallest absolute Gasteiger partial charge is 0.211 e. The van der Waals surface area contributed by atoms with Crippen molar-refractivity contribution in [1.82, 2.24) is 4.72 Å². The molecule has 0 unspecified atom stereocenters. The summed E-state index contributed by atoms with van der Waals surface area (Å²) in [5.41, 5.74) is -0.312. The second kappa shape index (κ2) is 6.87. The number of sulfonamides is 1. The Hall–Kier alpha value is -0.130. The highest BCUT2D eigenvalue weighted by atomic mass is 32.2. The molecule has 4 nitrogen and oxygen atoms in total.